The molecule has 1 unspecified atom stereocenters. The van der Waals surface area contributed by atoms with E-state index in [4.69, 9.17) is 0 Å². The van der Waals surface area contributed by atoms with Crippen molar-refractivity contribution in [3.8, 4) is 0 Å². The van der Waals surface area contributed by atoms with E-state index in [0.717, 1.165) is 49.7 Å². The first-order chi connectivity index (χ1) is 17.7. The van der Waals surface area contributed by atoms with Crippen molar-refractivity contribution < 1.29 is 22.8 Å². The minimum Gasteiger partial charge on any atom is -0.343 e. The van der Waals surface area contributed by atoms with Gasteiger partial charge < -0.3 is 15.5 Å². The lowest BCUT2D eigenvalue weighted by Gasteiger charge is -2.38. The van der Waals surface area contributed by atoms with Gasteiger partial charge >= 0.3 is 6.18 Å². The Labute approximate surface area is 218 Å². The van der Waals surface area contributed by atoms with E-state index in [1.165, 1.54) is 0 Å². The fourth-order valence-electron chi connectivity index (χ4n) is 6.39. The molecule has 1 aliphatic heterocycles. The van der Waals surface area contributed by atoms with Crippen LogP contribution in [0.2, 0.25) is 0 Å². The molecule has 9 heteroatoms. The van der Waals surface area contributed by atoms with Crippen molar-refractivity contribution in [2.24, 2.45) is 5.92 Å². The molecule has 2 N–H and O–H groups in total. The molecule has 3 atom stereocenters. The van der Waals surface area contributed by atoms with Gasteiger partial charge in [-0.2, -0.15) is 13.2 Å². The molecule has 1 aromatic carbocycles. The van der Waals surface area contributed by atoms with Crippen molar-refractivity contribution in [2.45, 2.75) is 95.1 Å². The van der Waals surface area contributed by atoms with Crippen LogP contribution < -0.4 is 10.6 Å². The summed E-state index contributed by atoms with van der Waals surface area (Å²) in [6, 6.07) is 6.27. The van der Waals surface area contributed by atoms with Crippen LogP contribution in [0.4, 0.5) is 13.2 Å². The number of fused-ring (bicyclic) bond motifs is 1. The third-order valence-corrected chi connectivity index (χ3v) is 8.55. The zero-order valence-electron chi connectivity index (χ0n) is 22.0. The Morgan fingerprint density at radius 2 is 1.70 bits per heavy atom. The zero-order valence-corrected chi connectivity index (χ0v) is 22.0. The normalized spacial score (nSPS) is 22.8. The van der Waals surface area contributed by atoms with Gasteiger partial charge in [-0.3, -0.25) is 14.5 Å². The summed E-state index contributed by atoms with van der Waals surface area (Å²) < 4.78 is 41.0. The van der Waals surface area contributed by atoms with E-state index in [0.29, 0.717) is 25.8 Å². The number of rotatable bonds is 9. The highest BCUT2D eigenvalue weighted by Crippen LogP contribution is 2.32. The molecule has 6 nitrogen and oxygen atoms in total. The first-order valence-electron chi connectivity index (χ1n) is 13.8. The van der Waals surface area contributed by atoms with Crippen molar-refractivity contribution in [2.75, 3.05) is 26.7 Å². The highest BCUT2D eigenvalue weighted by atomic mass is 19.4. The molecule has 0 radical (unpaired) electrons. The third-order valence-electron chi connectivity index (χ3n) is 8.55. The van der Waals surface area contributed by atoms with Crippen molar-refractivity contribution in [1.29, 1.82) is 0 Å². The molecule has 0 spiro atoms. The molecule has 1 saturated heterocycles. The first-order valence-corrected chi connectivity index (χ1v) is 13.8. The zero-order chi connectivity index (χ0) is 26.6. The highest BCUT2D eigenvalue weighted by molar-refractivity contribution is 5.90. The monoisotopic (exact) mass is 522 g/mol. The van der Waals surface area contributed by atoms with Gasteiger partial charge in [0.05, 0.1) is 12.6 Å². The molecule has 4 rings (SSSR count). The number of nitrogens with one attached hydrogen (secondary N) is 2. The van der Waals surface area contributed by atoms with E-state index in [1.807, 2.05) is 24.3 Å². The number of likely N-dealkylation sites (tertiary alicyclic amines) is 1. The molecule has 3 aliphatic rings. The number of nitrogens with zero attached hydrogens (tertiary/aromatic N) is 2. The smallest absolute Gasteiger partial charge is 0.343 e. The number of alkyl halides is 3. The molecule has 37 heavy (non-hydrogen) atoms. The van der Waals surface area contributed by atoms with Gasteiger partial charge in [0.1, 0.15) is 6.04 Å². The molecule has 206 valence electrons. The maximum absolute atomic E-state index is 13.9. The SMILES string of the molecule is CN[C@@H](C)C(=O)N[C@H](C(=O)N1CCCC1CN(CC(F)(F)F)C1Cc2ccccc2C1)C1CCCCC1. The molecular formula is C28H41F3N4O2. The lowest BCUT2D eigenvalue weighted by atomic mass is 9.83. The Kier molecular flexibility index (Phi) is 9.16. The molecule has 2 aliphatic carbocycles. The van der Waals surface area contributed by atoms with Crippen LogP contribution in [-0.2, 0) is 22.4 Å². The molecule has 0 bridgehead atoms. The summed E-state index contributed by atoms with van der Waals surface area (Å²) in [4.78, 5) is 30.0. The number of carbonyl (C=O) groups excluding carboxylic acids is 2. The predicted octanol–water partition coefficient (Wildman–Crippen LogP) is 3.68. The molecular weight excluding hydrogens is 481 g/mol. The van der Waals surface area contributed by atoms with Crippen molar-refractivity contribution in [3.05, 3.63) is 35.4 Å². The number of halogens is 3. The van der Waals surface area contributed by atoms with E-state index in [-0.39, 0.29) is 36.4 Å². The number of hydrogen-bond donors (Lipinski definition) is 2. The molecule has 2 amide bonds. The van der Waals surface area contributed by atoms with E-state index >= 15 is 0 Å². The fourth-order valence-corrected chi connectivity index (χ4v) is 6.39. The summed E-state index contributed by atoms with van der Waals surface area (Å²) in [6.45, 7) is 1.49. The number of carbonyl (C=O) groups is 2. The predicted molar refractivity (Wildman–Crippen MR) is 137 cm³/mol. The van der Waals surface area contributed by atoms with Gasteiger partial charge in [-0.1, -0.05) is 43.5 Å². The summed E-state index contributed by atoms with van der Waals surface area (Å²) in [5.74, 6) is -0.288. The van der Waals surface area contributed by atoms with Crippen LogP contribution in [0.1, 0.15) is 63.0 Å². The maximum atomic E-state index is 13.9. The third kappa shape index (κ3) is 7.05. The van der Waals surface area contributed by atoms with Crippen molar-refractivity contribution >= 4 is 11.8 Å². The Morgan fingerprint density at radius 1 is 1.05 bits per heavy atom. The largest absolute Gasteiger partial charge is 0.401 e. The van der Waals surface area contributed by atoms with Crippen LogP contribution in [0.15, 0.2) is 24.3 Å². The summed E-state index contributed by atoms with van der Waals surface area (Å²) in [5.41, 5.74) is 2.22. The number of likely N-dealkylation sites (N-methyl/N-ethyl adjacent to an activating group) is 1. The van der Waals surface area contributed by atoms with Gasteiger partial charge in [0.2, 0.25) is 11.8 Å². The second-order valence-corrected chi connectivity index (χ2v) is 11.1. The van der Waals surface area contributed by atoms with Crippen molar-refractivity contribution in [3.63, 3.8) is 0 Å². The van der Waals surface area contributed by atoms with Gasteiger partial charge in [-0.15, -0.1) is 0 Å². The van der Waals surface area contributed by atoms with Crippen LogP contribution in [-0.4, -0.2) is 78.6 Å². The lowest BCUT2D eigenvalue weighted by Crippen LogP contribution is -2.58. The summed E-state index contributed by atoms with van der Waals surface area (Å²) in [6.07, 6.45) is 3.24. The van der Waals surface area contributed by atoms with E-state index < -0.39 is 24.8 Å². The number of amides is 2. The van der Waals surface area contributed by atoms with E-state index in [9.17, 15) is 22.8 Å². The quantitative estimate of drug-likeness (QED) is 0.520. The van der Waals surface area contributed by atoms with Crippen LogP contribution in [0.3, 0.4) is 0 Å². The summed E-state index contributed by atoms with van der Waals surface area (Å²) >= 11 is 0. The maximum Gasteiger partial charge on any atom is 0.401 e. The van der Waals surface area contributed by atoms with Crippen LogP contribution in [0, 0.1) is 5.92 Å². The number of benzene rings is 1. The Hall–Kier alpha value is -2.13. The van der Waals surface area contributed by atoms with Gasteiger partial charge in [0.15, 0.2) is 0 Å². The summed E-state index contributed by atoms with van der Waals surface area (Å²) in [5, 5.41) is 5.93. The lowest BCUT2D eigenvalue weighted by molar-refractivity contribution is -0.153. The van der Waals surface area contributed by atoms with Gasteiger partial charge in [0, 0.05) is 25.2 Å². The molecule has 0 aromatic heterocycles. The van der Waals surface area contributed by atoms with E-state index in [1.54, 1.807) is 23.8 Å². The number of hydrogen-bond acceptors (Lipinski definition) is 4. The second-order valence-electron chi connectivity index (χ2n) is 11.1. The van der Waals surface area contributed by atoms with Crippen LogP contribution in [0.25, 0.3) is 0 Å². The van der Waals surface area contributed by atoms with Crippen LogP contribution >= 0.6 is 0 Å². The van der Waals surface area contributed by atoms with Gasteiger partial charge in [-0.05, 0) is 69.5 Å². The van der Waals surface area contributed by atoms with Gasteiger partial charge in [0.25, 0.3) is 0 Å². The van der Waals surface area contributed by atoms with Crippen LogP contribution in [0.5, 0.6) is 0 Å². The Morgan fingerprint density at radius 3 is 2.30 bits per heavy atom. The fraction of sp³-hybridized carbons (Fsp3) is 0.714. The van der Waals surface area contributed by atoms with Crippen molar-refractivity contribution in [1.82, 2.24) is 20.4 Å². The molecule has 1 aromatic rings. The second kappa shape index (κ2) is 12.2. The average Bonchev–Trinajstić information content (AvgIpc) is 3.52. The highest BCUT2D eigenvalue weighted by Gasteiger charge is 2.42. The Bertz CT molecular complexity index is 909. The van der Waals surface area contributed by atoms with Gasteiger partial charge in [-0.25, -0.2) is 0 Å². The van der Waals surface area contributed by atoms with E-state index in [2.05, 4.69) is 10.6 Å². The minimum absolute atomic E-state index is 0.0612. The summed E-state index contributed by atoms with van der Waals surface area (Å²) in [7, 11) is 1.70. The molecule has 1 saturated carbocycles. The average molecular weight is 523 g/mol. The Balaban J connectivity index is 1.50. The standard InChI is InChI=1S/C28H41F3N4O2/c1-19(32-2)26(36)33-25(20-9-4-3-5-10-20)27(37)35-14-8-13-23(35)17-34(18-28(29,30)31)24-15-21-11-6-7-12-22(21)16-24/h6-7,11-12,19-20,23-25,32H,3-5,8-10,13-18H2,1-2H3,(H,33,36)/t19-,23?,25-/m0/s1. The first kappa shape index (κ1) is 27.9. The topological polar surface area (TPSA) is 64.7 Å². The minimum atomic E-state index is -4.32. The molecule has 1 heterocycles. The molecule has 2 fully saturated rings.